The van der Waals surface area contributed by atoms with Crippen molar-refractivity contribution in [3.63, 3.8) is 0 Å². The zero-order chi connectivity index (χ0) is 19.6. The number of hydrogen-bond acceptors (Lipinski definition) is 2. The Bertz CT molecular complexity index is 876. The van der Waals surface area contributed by atoms with Gasteiger partial charge >= 0.3 is 0 Å². The molecule has 2 amide bonds. The number of nitrogens with one attached hydrogen (secondary N) is 1. The van der Waals surface area contributed by atoms with E-state index < -0.39 is 42.9 Å². The van der Waals surface area contributed by atoms with Crippen molar-refractivity contribution in [2.24, 2.45) is 0 Å². The van der Waals surface area contributed by atoms with Gasteiger partial charge < -0.3 is 10.2 Å². The van der Waals surface area contributed by atoms with Crippen molar-refractivity contribution in [3.8, 4) is 0 Å². The highest BCUT2D eigenvalue weighted by Crippen LogP contribution is 2.38. The number of halogens is 4. The van der Waals surface area contributed by atoms with Crippen molar-refractivity contribution in [1.82, 2.24) is 4.90 Å². The maximum absolute atomic E-state index is 14.6. The fourth-order valence-corrected chi connectivity index (χ4v) is 3.30. The standard InChI is InChI=1S/C19H16ClF3N2O2/c20-11-5-6-15-13(9-11)19(12-3-1-2-4-14(12)21)25(10-17(26)24-15)18(27)8-7-16(22)23/h1-6,9,16,19H,7-8,10H2,(H,24,26). The molecule has 2 aromatic rings. The second-order valence-corrected chi connectivity index (χ2v) is 6.59. The summed E-state index contributed by atoms with van der Waals surface area (Å²) in [7, 11) is 0. The van der Waals surface area contributed by atoms with E-state index in [1.807, 2.05) is 0 Å². The number of carbonyl (C=O) groups excluding carboxylic acids is 2. The van der Waals surface area contributed by atoms with Crippen molar-refractivity contribution >= 4 is 29.1 Å². The fraction of sp³-hybridized carbons (Fsp3) is 0.263. The summed E-state index contributed by atoms with van der Waals surface area (Å²) < 4.78 is 39.7. The third-order valence-corrected chi connectivity index (χ3v) is 4.54. The van der Waals surface area contributed by atoms with Crippen molar-refractivity contribution in [1.29, 1.82) is 0 Å². The topological polar surface area (TPSA) is 49.4 Å². The summed E-state index contributed by atoms with van der Waals surface area (Å²) in [5.41, 5.74) is 0.966. The molecular weight excluding hydrogens is 381 g/mol. The Balaban J connectivity index is 2.13. The average molecular weight is 397 g/mol. The Labute approximate surface area is 158 Å². The van der Waals surface area contributed by atoms with Crippen molar-refractivity contribution in [2.75, 3.05) is 11.9 Å². The number of fused-ring (bicyclic) bond motifs is 1. The van der Waals surface area contributed by atoms with Gasteiger partial charge in [-0.1, -0.05) is 29.8 Å². The number of carbonyl (C=O) groups is 2. The molecule has 0 spiro atoms. The lowest BCUT2D eigenvalue weighted by atomic mass is 9.95. The van der Waals surface area contributed by atoms with E-state index in [2.05, 4.69) is 5.32 Å². The monoisotopic (exact) mass is 396 g/mol. The van der Waals surface area contributed by atoms with Gasteiger partial charge in [0.2, 0.25) is 18.2 Å². The first-order valence-electron chi connectivity index (χ1n) is 8.28. The first-order chi connectivity index (χ1) is 12.9. The average Bonchev–Trinajstić information content (AvgIpc) is 2.76. The molecule has 1 aliphatic heterocycles. The van der Waals surface area contributed by atoms with E-state index in [9.17, 15) is 22.8 Å². The molecule has 1 N–H and O–H groups in total. The maximum Gasteiger partial charge on any atom is 0.244 e. The van der Waals surface area contributed by atoms with Crippen LogP contribution in [0.2, 0.25) is 5.02 Å². The van der Waals surface area contributed by atoms with Gasteiger partial charge in [0.25, 0.3) is 0 Å². The molecule has 0 fully saturated rings. The highest BCUT2D eigenvalue weighted by Gasteiger charge is 2.34. The molecule has 1 heterocycles. The summed E-state index contributed by atoms with van der Waals surface area (Å²) >= 11 is 6.08. The third-order valence-electron chi connectivity index (χ3n) is 4.30. The molecule has 0 aliphatic carbocycles. The van der Waals surface area contributed by atoms with E-state index in [4.69, 9.17) is 11.6 Å². The number of amides is 2. The van der Waals surface area contributed by atoms with Crippen LogP contribution in [0.3, 0.4) is 0 Å². The van der Waals surface area contributed by atoms with E-state index in [0.717, 1.165) is 4.90 Å². The van der Waals surface area contributed by atoms with E-state index in [0.29, 0.717) is 16.3 Å². The Morgan fingerprint density at radius 3 is 2.67 bits per heavy atom. The molecule has 27 heavy (non-hydrogen) atoms. The minimum atomic E-state index is -2.65. The van der Waals surface area contributed by atoms with Gasteiger partial charge in [-0.15, -0.1) is 0 Å². The van der Waals surface area contributed by atoms with Gasteiger partial charge in [0, 0.05) is 34.7 Å². The molecule has 1 atom stereocenters. The zero-order valence-corrected chi connectivity index (χ0v) is 14.8. The molecule has 142 valence electrons. The summed E-state index contributed by atoms with van der Waals surface area (Å²) in [6.07, 6.45) is -3.74. The first kappa shape index (κ1) is 19.2. The van der Waals surface area contributed by atoms with E-state index in [-0.39, 0.29) is 12.1 Å². The number of anilines is 1. The number of nitrogens with zero attached hydrogens (tertiary/aromatic N) is 1. The number of hydrogen-bond donors (Lipinski definition) is 1. The molecule has 0 radical (unpaired) electrons. The van der Waals surface area contributed by atoms with Crippen LogP contribution in [0.5, 0.6) is 0 Å². The Kier molecular flexibility index (Phi) is 5.70. The fourth-order valence-electron chi connectivity index (χ4n) is 3.12. The van der Waals surface area contributed by atoms with Crippen LogP contribution in [0.25, 0.3) is 0 Å². The smallest absolute Gasteiger partial charge is 0.244 e. The highest BCUT2D eigenvalue weighted by atomic mass is 35.5. The number of rotatable bonds is 4. The van der Waals surface area contributed by atoms with Crippen LogP contribution in [0.4, 0.5) is 18.9 Å². The summed E-state index contributed by atoms with van der Waals surface area (Å²) in [6, 6.07) is 9.53. The minimum absolute atomic E-state index is 0.155. The van der Waals surface area contributed by atoms with Gasteiger partial charge in [0.1, 0.15) is 12.4 Å². The lowest BCUT2D eigenvalue weighted by molar-refractivity contribution is -0.136. The van der Waals surface area contributed by atoms with Gasteiger partial charge in [-0.3, -0.25) is 9.59 Å². The van der Waals surface area contributed by atoms with Gasteiger partial charge in [0.05, 0.1) is 6.04 Å². The molecule has 0 saturated carbocycles. The maximum atomic E-state index is 14.6. The second-order valence-electron chi connectivity index (χ2n) is 6.16. The van der Waals surface area contributed by atoms with E-state index in [1.54, 1.807) is 18.2 Å². The number of alkyl halides is 2. The summed E-state index contributed by atoms with van der Waals surface area (Å²) in [5.74, 6) is -1.73. The molecule has 8 heteroatoms. The van der Waals surface area contributed by atoms with Crippen molar-refractivity contribution in [3.05, 3.63) is 64.4 Å². The minimum Gasteiger partial charge on any atom is -0.324 e. The second kappa shape index (κ2) is 8.00. The van der Waals surface area contributed by atoms with Crippen molar-refractivity contribution < 1.29 is 22.8 Å². The van der Waals surface area contributed by atoms with Crippen LogP contribution < -0.4 is 5.32 Å². The molecular formula is C19H16ClF3N2O2. The zero-order valence-electron chi connectivity index (χ0n) is 14.1. The summed E-state index contributed by atoms with van der Waals surface area (Å²) in [6.45, 7) is -0.382. The van der Waals surface area contributed by atoms with Crippen LogP contribution in [-0.4, -0.2) is 29.7 Å². The molecule has 0 aromatic heterocycles. The summed E-state index contributed by atoms with van der Waals surface area (Å²) in [4.78, 5) is 26.0. The van der Waals surface area contributed by atoms with Crippen molar-refractivity contribution in [2.45, 2.75) is 25.3 Å². The van der Waals surface area contributed by atoms with Gasteiger partial charge in [-0.05, 0) is 24.3 Å². The highest BCUT2D eigenvalue weighted by molar-refractivity contribution is 6.30. The molecule has 1 aliphatic rings. The third kappa shape index (κ3) is 4.24. The number of benzene rings is 2. The quantitative estimate of drug-likeness (QED) is 0.833. The van der Waals surface area contributed by atoms with Crippen LogP contribution in [0.15, 0.2) is 42.5 Å². The molecule has 3 rings (SSSR count). The molecule has 0 bridgehead atoms. The Hall–Kier alpha value is -2.54. The van der Waals surface area contributed by atoms with Crippen LogP contribution in [0, 0.1) is 5.82 Å². The van der Waals surface area contributed by atoms with E-state index in [1.165, 1.54) is 24.3 Å². The first-order valence-corrected chi connectivity index (χ1v) is 8.66. The molecule has 1 unspecified atom stereocenters. The molecule has 2 aromatic carbocycles. The van der Waals surface area contributed by atoms with Crippen LogP contribution >= 0.6 is 11.6 Å². The normalized spacial score (nSPS) is 16.7. The predicted molar refractivity (Wildman–Crippen MR) is 95.3 cm³/mol. The molecule has 4 nitrogen and oxygen atoms in total. The van der Waals surface area contributed by atoms with Gasteiger partial charge in [-0.2, -0.15) is 0 Å². The largest absolute Gasteiger partial charge is 0.324 e. The Morgan fingerprint density at radius 2 is 1.96 bits per heavy atom. The lowest BCUT2D eigenvalue weighted by Gasteiger charge is -2.31. The Morgan fingerprint density at radius 1 is 1.22 bits per heavy atom. The molecule has 0 saturated heterocycles. The van der Waals surface area contributed by atoms with Gasteiger partial charge in [0.15, 0.2) is 0 Å². The van der Waals surface area contributed by atoms with Crippen LogP contribution in [0.1, 0.15) is 30.0 Å². The predicted octanol–water partition coefficient (Wildman–Crippen LogP) is 4.39. The van der Waals surface area contributed by atoms with Gasteiger partial charge in [-0.25, -0.2) is 13.2 Å². The lowest BCUT2D eigenvalue weighted by Crippen LogP contribution is -2.39. The van der Waals surface area contributed by atoms with E-state index >= 15 is 0 Å². The SMILES string of the molecule is O=C1CN(C(=O)CCC(F)F)C(c2ccccc2F)c2cc(Cl)ccc2N1. The summed E-state index contributed by atoms with van der Waals surface area (Å²) in [5, 5.41) is 3.00. The van der Waals surface area contributed by atoms with Crippen LogP contribution in [-0.2, 0) is 9.59 Å².